The van der Waals surface area contributed by atoms with Crippen LogP contribution >= 0.6 is 50.7 Å². The fourth-order valence-electron chi connectivity index (χ4n) is 2.03. The van der Waals surface area contributed by atoms with Gasteiger partial charge in [0.15, 0.2) is 0 Å². The quantitative estimate of drug-likeness (QED) is 0.502. The first kappa shape index (κ1) is 17.0. The largest absolute Gasteiger partial charge is 0.492 e. The summed E-state index contributed by atoms with van der Waals surface area (Å²) in [6, 6.07) is 11.5. The molecule has 0 aromatic heterocycles. The monoisotopic (exact) mass is 406 g/mol. The Labute approximate surface area is 148 Å². The molecule has 0 aliphatic rings. The molecule has 1 nitrogen and oxygen atoms in total. The first-order valence-electron chi connectivity index (χ1n) is 6.51. The number of hydrogen-bond donors (Lipinski definition) is 0. The smallest absolute Gasteiger partial charge is 0.139 e. The van der Waals surface area contributed by atoms with Crippen LogP contribution in [0.2, 0.25) is 10.0 Å². The molecule has 0 radical (unpaired) electrons. The second-order valence-electron chi connectivity index (χ2n) is 4.54. The van der Waals surface area contributed by atoms with Crippen molar-refractivity contribution in [3.8, 4) is 5.75 Å². The van der Waals surface area contributed by atoms with Crippen LogP contribution in [0.15, 0.2) is 40.9 Å². The number of hydrogen-bond acceptors (Lipinski definition) is 1. The minimum Gasteiger partial charge on any atom is -0.492 e. The van der Waals surface area contributed by atoms with Gasteiger partial charge in [-0.15, -0.1) is 11.6 Å². The Morgan fingerprint density at radius 3 is 2.57 bits per heavy atom. The summed E-state index contributed by atoms with van der Waals surface area (Å²) in [5.41, 5.74) is 1.94. The van der Waals surface area contributed by atoms with Crippen LogP contribution in [0.4, 0.5) is 0 Å². The lowest BCUT2D eigenvalue weighted by Gasteiger charge is -2.15. The Kier molecular flexibility index (Phi) is 6.24. The first-order chi connectivity index (χ1) is 10.0. The standard InChI is InChI=1S/C16H14BrCl3O/c1-2-21-16-9-14(19)12(8-15(16)20)13(18)7-10-4-3-5-11(17)6-10/h3-6,8-9,13H,2,7H2,1H3. The van der Waals surface area contributed by atoms with Crippen molar-refractivity contribution >= 4 is 50.7 Å². The van der Waals surface area contributed by atoms with E-state index in [0.717, 1.165) is 15.6 Å². The van der Waals surface area contributed by atoms with Gasteiger partial charge in [0.25, 0.3) is 0 Å². The maximum atomic E-state index is 6.50. The lowest BCUT2D eigenvalue weighted by atomic mass is 10.0. The Morgan fingerprint density at radius 2 is 1.90 bits per heavy atom. The molecule has 1 atom stereocenters. The number of alkyl halides is 1. The fourth-order valence-corrected chi connectivity index (χ4v) is 3.40. The van der Waals surface area contributed by atoms with Crippen LogP contribution in [0.1, 0.15) is 23.4 Å². The van der Waals surface area contributed by atoms with Crippen molar-refractivity contribution in [2.24, 2.45) is 0 Å². The van der Waals surface area contributed by atoms with E-state index >= 15 is 0 Å². The molecule has 0 amide bonds. The predicted octanol–water partition coefficient (Wildman–Crippen LogP) is 6.68. The molecule has 2 aromatic rings. The van der Waals surface area contributed by atoms with Crippen molar-refractivity contribution in [2.45, 2.75) is 18.7 Å². The number of halogens is 4. The van der Waals surface area contributed by atoms with Crippen LogP contribution in [0, 0.1) is 0 Å². The van der Waals surface area contributed by atoms with E-state index < -0.39 is 0 Å². The van der Waals surface area contributed by atoms with Gasteiger partial charge in [-0.1, -0.05) is 51.3 Å². The minimum atomic E-state index is -0.250. The van der Waals surface area contributed by atoms with E-state index in [1.807, 2.05) is 31.2 Å². The number of ether oxygens (including phenoxy) is 1. The second kappa shape index (κ2) is 7.73. The van der Waals surface area contributed by atoms with E-state index in [1.54, 1.807) is 12.1 Å². The molecule has 0 heterocycles. The summed E-state index contributed by atoms with van der Waals surface area (Å²) in [5.74, 6) is 0.583. The molecular weight excluding hydrogens is 394 g/mol. The Hall–Kier alpha value is -0.410. The average Bonchev–Trinajstić information content (AvgIpc) is 2.42. The summed E-state index contributed by atoms with van der Waals surface area (Å²) in [7, 11) is 0. The number of rotatable bonds is 5. The molecule has 2 rings (SSSR count). The zero-order valence-electron chi connectivity index (χ0n) is 11.4. The van der Waals surface area contributed by atoms with Crippen molar-refractivity contribution in [1.29, 1.82) is 0 Å². The van der Waals surface area contributed by atoms with Crippen LogP contribution in [-0.4, -0.2) is 6.61 Å². The first-order valence-corrected chi connectivity index (χ1v) is 8.50. The highest BCUT2D eigenvalue weighted by molar-refractivity contribution is 9.10. The van der Waals surface area contributed by atoms with E-state index in [0.29, 0.717) is 28.8 Å². The maximum absolute atomic E-state index is 6.50. The highest BCUT2D eigenvalue weighted by Crippen LogP contribution is 2.37. The molecule has 21 heavy (non-hydrogen) atoms. The Morgan fingerprint density at radius 1 is 1.14 bits per heavy atom. The molecule has 112 valence electrons. The second-order valence-corrected chi connectivity index (χ2v) is 6.80. The minimum absolute atomic E-state index is 0.250. The summed E-state index contributed by atoms with van der Waals surface area (Å²) < 4.78 is 6.45. The summed E-state index contributed by atoms with van der Waals surface area (Å²) >= 11 is 22.5. The normalized spacial score (nSPS) is 12.2. The molecule has 0 saturated carbocycles. The van der Waals surface area contributed by atoms with Crippen LogP contribution < -0.4 is 4.74 Å². The lowest BCUT2D eigenvalue weighted by Crippen LogP contribution is -1.99. The molecule has 1 unspecified atom stereocenters. The van der Waals surface area contributed by atoms with Gasteiger partial charge in [0.1, 0.15) is 5.75 Å². The van der Waals surface area contributed by atoms with Crippen LogP contribution in [0.3, 0.4) is 0 Å². The van der Waals surface area contributed by atoms with Crippen molar-refractivity contribution in [1.82, 2.24) is 0 Å². The van der Waals surface area contributed by atoms with E-state index in [1.165, 1.54) is 0 Å². The molecule has 0 spiro atoms. The van der Waals surface area contributed by atoms with E-state index in [4.69, 9.17) is 39.5 Å². The number of benzene rings is 2. The average molecular weight is 409 g/mol. The third kappa shape index (κ3) is 4.53. The van der Waals surface area contributed by atoms with Crippen molar-refractivity contribution in [2.75, 3.05) is 6.61 Å². The molecule has 0 N–H and O–H groups in total. The molecular formula is C16H14BrCl3O. The van der Waals surface area contributed by atoms with E-state index in [2.05, 4.69) is 15.9 Å². The fraction of sp³-hybridized carbons (Fsp3) is 0.250. The van der Waals surface area contributed by atoms with Crippen LogP contribution in [0.25, 0.3) is 0 Å². The third-order valence-electron chi connectivity index (χ3n) is 2.99. The molecule has 0 aliphatic carbocycles. The van der Waals surface area contributed by atoms with Crippen LogP contribution in [-0.2, 0) is 6.42 Å². The lowest BCUT2D eigenvalue weighted by molar-refractivity contribution is 0.340. The Bertz CT molecular complexity index is 631. The van der Waals surface area contributed by atoms with Gasteiger partial charge in [0.2, 0.25) is 0 Å². The van der Waals surface area contributed by atoms with E-state index in [9.17, 15) is 0 Å². The van der Waals surface area contributed by atoms with Gasteiger partial charge in [0.05, 0.1) is 17.0 Å². The molecule has 0 saturated heterocycles. The molecule has 0 bridgehead atoms. The van der Waals surface area contributed by atoms with Crippen molar-refractivity contribution < 1.29 is 4.74 Å². The van der Waals surface area contributed by atoms with Crippen molar-refractivity contribution in [3.05, 3.63) is 62.0 Å². The van der Waals surface area contributed by atoms with Gasteiger partial charge in [0, 0.05) is 15.6 Å². The summed E-state index contributed by atoms with van der Waals surface area (Å²) in [5, 5.41) is 0.842. The van der Waals surface area contributed by atoms with Gasteiger partial charge in [-0.3, -0.25) is 0 Å². The van der Waals surface area contributed by atoms with Crippen LogP contribution in [0.5, 0.6) is 5.75 Å². The van der Waals surface area contributed by atoms with Crippen molar-refractivity contribution in [3.63, 3.8) is 0 Å². The SMILES string of the molecule is CCOc1cc(Cl)c(C(Cl)Cc2cccc(Br)c2)cc1Cl. The van der Waals surface area contributed by atoms with E-state index in [-0.39, 0.29) is 5.38 Å². The van der Waals surface area contributed by atoms with Gasteiger partial charge < -0.3 is 4.74 Å². The summed E-state index contributed by atoms with van der Waals surface area (Å²) in [6.45, 7) is 2.44. The molecule has 5 heteroatoms. The predicted molar refractivity (Wildman–Crippen MR) is 94.1 cm³/mol. The third-order valence-corrected chi connectivity index (χ3v) is 4.50. The summed E-state index contributed by atoms with van der Waals surface area (Å²) in [6.07, 6.45) is 0.672. The van der Waals surface area contributed by atoms with Gasteiger partial charge in [-0.05, 0) is 42.7 Å². The maximum Gasteiger partial charge on any atom is 0.139 e. The molecule has 2 aromatic carbocycles. The van der Waals surface area contributed by atoms with Gasteiger partial charge >= 0.3 is 0 Å². The van der Waals surface area contributed by atoms with Gasteiger partial charge in [-0.25, -0.2) is 0 Å². The zero-order chi connectivity index (χ0) is 15.4. The zero-order valence-corrected chi connectivity index (χ0v) is 15.2. The molecule has 0 fully saturated rings. The summed E-state index contributed by atoms with van der Waals surface area (Å²) in [4.78, 5) is 0. The highest BCUT2D eigenvalue weighted by atomic mass is 79.9. The molecule has 0 aliphatic heterocycles. The Balaban J connectivity index is 2.23. The highest BCUT2D eigenvalue weighted by Gasteiger charge is 2.16. The van der Waals surface area contributed by atoms with Gasteiger partial charge in [-0.2, -0.15) is 0 Å². The topological polar surface area (TPSA) is 9.23 Å².